The molecule has 2 rings (SSSR count). The van der Waals surface area contributed by atoms with Crippen molar-refractivity contribution in [1.29, 1.82) is 0 Å². The number of nitrogens with two attached hydrogens (primary N) is 1. The average molecular weight is 204 g/mol. The standard InChI is InChI=1S/C13H20N2/c1-10-6-8-15-9-12(10)13(14)7-4-3-5-11(13)2/h6,8-9,11H,3-5,7,14H2,1-2H3. The zero-order valence-electron chi connectivity index (χ0n) is 9.66. The van der Waals surface area contributed by atoms with Crippen molar-refractivity contribution in [1.82, 2.24) is 4.98 Å². The second-order valence-corrected chi connectivity index (χ2v) is 4.88. The molecule has 15 heavy (non-hydrogen) atoms. The maximum Gasteiger partial charge on any atom is 0.0453 e. The number of rotatable bonds is 1. The number of pyridine rings is 1. The monoisotopic (exact) mass is 204 g/mol. The van der Waals surface area contributed by atoms with E-state index in [9.17, 15) is 0 Å². The molecule has 1 aliphatic rings. The molecule has 0 aliphatic heterocycles. The van der Waals surface area contributed by atoms with Crippen LogP contribution < -0.4 is 5.73 Å². The highest BCUT2D eigenvalue weighted by molar-refractivity contribution is 5.30. The van der Waals surface area contributed by atoms with Crippen molar-refractivity contribution in [2.75, 3.05) is 0 Å². The second-order valence-electron chi connectivity index (χ2n) is 4.88. The van der Waals surface area contributed by atoms with Gasteiger partial charge in [-0.15, -0.1) is 0 Å². The fraction of sp³-hybridized carbons (Fsp3) is 0.615. The summed E-state index contributed by atoms with van der Waals surface area (Å²) in [7, 11) is 0. The molecule has 1 heterocycles. The van der Waals surface area contributed by atoms with Gasteiger partial charge in [0.25, 0.3) is 0 Å². The van der Waals surface area contributed by atoms with E-state index in [1.165, 1.54) is 30.4 Å². The maximum absolute atomic E-state index is 6.58. The first kappa shape index (κ1) is 10.6. The summed E-state index contributed by atoms with van der Waals surface area (Å²) in [4.78, 5) is 4.22. The van der Waals surface area contributed by atoms with Crippen molar-refractivity contribution in [2.24, 2.45) is 11.7 Å². The molecule has 82 valence electrons. The van der Waals surface area contributed by atoms with Crippen LogP contribution in [0, 0.1) is 12.8 Å². The van der Waals surface area contributed by atoms with Crippen LogP contribution in [0.4, 0.5) is 0 Å². The molecule has 2 heteroatoms. The highest BCUT2D eigenvalue weighted by atomic mass is 14.8. The van der Waals surface area contributed by atoms with Gasteiger partial charge in [0.2, 0.25) is 0 Å². The van der Waals surface area contributed by atoms with E-state index in [0.29, 0.717) is 5.92 Å². The van der Waals surface area contributed by atoms with E-state index < -0.39 is 0 Å². The lowest BCUT2D eigenvalue weighted by Crippen LogP contribution is -2.45. The number of nitrogens with zero attached hydrogens (tertiary/aromatic N) is 1. The molecule has 0 spiro atoms. The fourth-order valence-corrected chi connectivity index (χ4v) is 2.72. The van der Waals surface area contributed by atoms with Crippen LogP contribution in [-0.2, 0) is 5.54 Å². The normalized spacial score (nSPS) is 31.5. The topological polar surface area (TPSA) is 38.9 Å². The Kier molecular flexibility index (Phi) is 2.79. The summed E-state index contributed by atoms with van der Waals surface area (Å²) in [5.74, 6) is 0.564. The van der Waals surface area contributed by atoms with E-state index in [1.807, 2.05) is 12.4 Å². The SMILES string of the molecule is Cc1ccncc1C1(N)CCCCC1C. The Balaban J connectivity index is 2.39. The summed E-state index contributed by atoms with van der Waals surface area (Å²) in [5, 5.41) is 0. The van der Waals surface area contributed by atoms with E-state index in [4.69, 9.17) is 5.73 Å². The first-order valence-electron chi connectivity index (χ1n) is 5.84. The molecule has 2 nitrogen and oxygen atoms in total. The van der Waals surface area contributed by atoms with Crippen LogP contribution in [0.2, 0.25) is 0 Å². The van der Waals surface area contributed by atoms with E-state index in [-0.39, 0.29) is 5.54 Å². The minimum atomic E-state index is -0.142. The molecule has 1 aromatic heterocycles. The van der Waals surface area contributed by atoms with Crippen molar-refractivity contribution < 1.29 is 0 Å². The highest BCUT2D eigenvalue weighted by Gasteiger charge is 2.36. The predicted octanol–water partition coefficient (Wildman–Crippen LogP) is 2.75. The van der Waals surface area contributed by atoms with Crippen molar-refractivity contribution in [3.05, 3.63) is 29.6 Å². The first-order valence-corrected chi connectivity index (χ1v) is 5.84. The third-order valence-electron chi connectivity index (χ3n) is 3.90. The van der Waals surface area contributed by atoms with Gasteiger partial charge in [0.05, 0.1) is 0 Å². The molecule has 2 atom stereocenters. The van der Waals surface area contributed by atoms with Gasteiger partial charge in [0, 0.05) is 17.9 Å². The highest BCUT2D eigenvalue weighted by Crippen LogP contribution is 2.40. The van der Waals surface area contributed by atoms with Gasteiger partial charge in [-0.3, -0.25) is 4.98 Å². The molecule has 1 fully saturated rings. The molecule has 2 N–H and O–H groups in total. The molecule has 0 aromatic carbocycles. The predicted molar refractivity (Wildman–Crippen MR) is 62.5 cm³/mol. The number of aryl methyl sites for hydroxylation is 1. The van der Waals surface area contributed by atoms with E-state index in [2.05, 4.69) is 24.9 Å². The summed E-state index contributed by atoms with van der Waals surface area (Å²) < 4.78 is 0. The van der Waals surface area contributed by atoms with E-state index >= 15 is 0 Å². The second kappa shape index (κ2) is 3.93. The van der Waals surface area contributed by atoms with E-state index in [0.717, 1.165) is 6.42 Å². The number of aromatic nitrogens is 1. The van der Waals surface area contributed by atoms with Gasteiger partial charge < -0.3 is 5.73 Å². The van der Waals surface area contributed by atoms with Crippen molar-refractivity contribution in [3.8, 4) is 0 Å². The maximum atomic E-state index is 6.58. The fourth-order valence-electron chi connectivity index (χ4n) is 2.72. The molecule has 1 aliphatic carbocycles. The van der Waals surface area contributed by atoms with Gasteiger partial charge in [-0.05, 0) is 42.9 Å². The Labute approximate surface area is 91.9 Å². The molecule has 0 radical (unpaired) electrons. The summed E-state index contributed by atoms with van der Waals surface area (Å²) >= 11 is 0. The van der Waals surface area contributed by atoms with Crippen LogP contribution in [0.15, 0.2) is 18.5 Å². The van der Waals surface area contributed by atoms with Gasteiger partial charge in [-0.25, -0.2) is 0 Å². The third kappa shape index (κ3) is 1.78. The molecule has 2 unspecified atom stereocenters. The Morgan fingerprint density at radius 3 is 2.93 bits per heavy atom. The Bertz CT molecular complexity index is 348. The van der Waals surface area contributed by atoms with Crippen molar-refractivity contribution >= 4 is 0 Å². The van der Waals surface area contributed by atoms with Gasteiger partial charge in [-0.2, -0.15) is 0 Å². The zero-order valence-corrected chi connectivity index (χ0v) is 9.66. The quantitative estimate of drug-likeness (QED) is 0.764. The van der Waals surface area contributed by atoms with E-state index in [1.54, 1.807) is 0 Å². The van der Waals surface area contributed by atoms with Gasteiger partial charge in [0.1, 0.15) is 0 Å². The Morgan fingerprint density at radius 1 is 1.47 bits per heavy atom. The largest absolute Gasteiger partial charge is 0.321 e. The number of hydrogen-bond acceptors (Lipinski definition) is 2. The molecule has 1 aromatic rings. The van der Waals surface area contributed by atoms with Crippen LogP contribution in [0.25, 0.3) is 0 Å². The van der Waals surface area contributed by atoms with Crippen LogP contribution in [0.5, 0.6) is 0 Å². The smallest absolute Gasteiger partial charge is 0.0453 e. The lowest BCUT2D eigenvalue weighted by molar-refractivity contribution is 0.205. The molecule has 1 saturated carbocycles. The summed E-state index contributed by atoms with van der Waals surface area (Å²) in [6.45, 7) is 4.40. The molecular formula is C13H20N2. The summed E-state index contributed by atoms with van der Waals surface area (Å²) in [5.41, 5.74) is 8.97. The lowest BCUT2D eigenvalue weighted by Gasteiger charge is -2.40. The molecular weight excluding hydrogens is 184 g/mol. The average Bonchev–Trinajstić information content (AvgIpc) is 2.23. The molecule has 0 saturated heterocycles. The summed E-state index contributed by atoms with van der Waals surface area (Å²) in [6.07, 6.45) is 8.70. The third-order valence-corrected chi connectivity index (χ3v) is 3.90. The summed E-state index contributed by atoms with van der Waals surface area (Å²) in [6, 6.07) is 2.06. The van der Waals surface area contributed by atoms with Gasteiger partial charge >= 0.3 is 0 Å². The first-order chi connectivity index (χ1) is 7.14. The Morgan fingerprint density at radius 2 is 2.27 bits per heavy atom. The Hall–Kier alpha value is -0.890. The van der Waals surface area contributed by atoms with Gasteiger partial charge in [0.15, 0.2) is 0 Å². The number of hydrogen-bond donors (Lipinski definition) is 1. The molecule has 0 amide bonds. The van der Waals surface area contributed by atoms with Crippen LogP contribution in [0.3, 0.4) is 0 Å². The van der Waals surface area contributed by atoms with Gasteiger partial charge in [-0.1, -0.05) is 19.8 Å². The zero-order chi connectivity index (χ0) is 10.9. The lowest BCUT2D eigenvalue weighted by atomic mass is 9.70. The van der Waals surface area contributed by atoms with Crippen LogP contribution in [-0.4, -0.2) is 4.98 Å². The van der Waals surface area contributed by atoms with Crippen LogP contribution >= 0.6 is 0 Å². The van der Waals surface area contributed by atoms with Crippen LogP contribution in [0.1, 0.15) is 43.7 Å². The molecule has 0 bridgehead atoms. The minimum Gasteiger partial charge on any atom is -0.321 e. The van der Waals surface area contributed by atoms with Crippen molar-refractivity contribution in [3.63, 3.8) is 0 Å². The van der Waals surface area contributed by atoms with Crippen molar-refractivity contribution in [2.45, 2.75) is 45.1 Å². The minimum absolute atomic E-state index is 0.142.